The highest BCUT2D eigenvalue weighted by Gasteiger charge is 2.49. The zero-order valence-corrected chi connectivity index (χ0v) is 33.1. The maximum Gasteiger partial charge on any atom is 0.418 e. The Kier molecular flexibility index (Phi) is 10.6. The Hall–Kier alpha value is -5.28. The summed E-state index contributed by atoms with van der Waals surface area (Å²) in [6.45, 7) is 2.87. The number of benzene rings is 3. The van der Waals surface area contributed by atoms with E-state index >= 15 is 17.6 Å². The molecule has 4 aromatic rings. The molecule has 8 rings (SSSR count). The van der Waals surface area contributed by atoms with Crippen LogP contribution in [0.4, 0.5) is 27.8 Å². The third kappa shape index (κ3) is 7.34. The van der Waals surface area contributed by atoms with Crippen LogP contribution in [0.2, 0.25) is 5.02 Å². The third-order valence-electron chi connectivity index (χ3n) is 11.2. The number of nitrogens with one attached hydrogen (secondary N) is 1. The first-order chi connectivity index (χ1) is 27.8. The highest BCUT2D eigenvalue weighted by molar-refractivity contribution is 6.33. The lowest BCUT2D eigenvalue weighted by Gasteiger charge is -2.31. The monoisotopic (exact) mass is 824 g/mol. The van der Waals surface area contributed by atoms with Gasteiger partial charge in [0, 0.05) is 33.1 Å². The molecule has 5 heterocycles. The minimum absolute atomic E-state index is 0.00692. The predicted molar refractivity (Wildman–Crippen MR) is 208 cm³/mol. The standard InChI is InChI=1S/C42H42ClF5N6O4/c1-24-16-30(53(18-25-6-10-28(55-3)11-7-25)19-26-8-12-29(56-4)13-9-26)51-37(34(24)42(46,47)48)32-35(43)38-33-39(36(32)45)58-31(21-52(2)40(33)50-23-49-38)57-22-41-14-5-15-54(41)20-27(44)17-41/h6-13,16,21,27,50H,5,14-15,17-20,22-23H2,1-4H3/t27-,41+/m1/s1. The average molecular weight is 825 g/mol. The molecule has 2 saturated heterocycles. The van der Waals surface area contributed by atoms with Gasteiger partial charge in [-0.05, 0) is 73.3 Å². The van der Waals surface area contributed by atoms with Crippen LogP contribution in [0, 0.1) is 12.7 Å². The van der Waals surface area contributed by atoms with Crippen LogP contribution in [0.25, 0.3) is 17.1 Å². The van der Waals surface area contributed by atoms with Gasteiger partial charge in [-0.3, -0.25) is 9.89 Å². The Bertz CT molecular complexity index is 2330. The number of ether oxygens (including phenoxy) is 4. The molecule has 2 fully saturated rings. The second-order valence-electron chi connectivity index (χ2n) is 15.0. The van der Waals surface area contributed by atoms with Crippen molar-refractivity contribution in [2.75, 3.05) is 52.5 Å². The summed E-state index contributed by atoms with van der Waals surface area (Å²) in [5.41, 5.74) is -1.60. The van der Waals surface area contributed by atoms with E-state index < -0.39 is 46.3 Å². The Labute approximate surface area is 337 Å². The van der Waals surface area contributed by atoms with Gasteiger partial charge in [0.1, 0.15) is 42.6 Å². The smallest absolute Gasteiger partial charge is 0.418 e. The summed E-state index contributed by atoms with van der Waals surface area (Å²) < 4.78 is 101. The second-order valence-corrected chi connectivity index (χ2v) is 15.4. The van der Waals surface area contributed by atoms with Crippen LogP contribution >= 0.6 is 11.6 Å². The summed E-state index contributed by atoms with van der Waals surface area (Å²) in [6.07, 6.45) is -2.57. The molecule has 0 radical (unpaired) electrons. The normalized spacial score (nSPS) is 20.0. The van der Waals surface area contributed by atoms with Crippen LogP contribution in [0.15, 0.2) is 71.7 Å². The number of pyridine rings is 1. The molecule has 0 bridgehead atoms. The first-order valence-electron chi connectivity index (χ1n) is 18.9. The van der Waals surface area contributed by atoms with Crippen molar-refractivity contribution in [1.82, 2.24) is 20.1 Å². The van der Waals surface area contributed by atoms with Crippen molar-refractivity contribution in [1.29, 1.82) is 0 Å². The Morgan fingerprint density at radius 1 is 1.03 bits per heavy atom. The fourth-order valence-corrected chi connectivity index (χ4v) is 8.78. The Balaban J connectivity index is 1.26. The molecule has 10 nitrogen and oxygen atoms in total. The summed E-state index contributed by atoms with van der Waals surface area (Å²) in [7, 11) is 4.79. The molecule has 4 aliphatic heterocycles. The summed E-state index contributed by atoms with van der Waals surface area (Å²) >= 11 is 6.98. The maximum absolute atomic E-state index is 17.5. The minimum Gasteiger partial charge on any atom is -0.497 e. The first-order valence-corrected chi connectivity index (χ1v) is 19.2. The quantitative estimate of drug-likeness (QED) is 0.160. The molecule has 0 amide bonds. The van der Waals surface area contributed by atoms with Crippen molar-refractivity contribution in [2.45, 2.75) is 57.2 Å². The third-order valence-corrected chi connectivity index (χ3v) is 11.6. The number of fused-ring (bicyclic) bond motifs is 1. The number of hydrogen-bond acceptors (Lipinski definition) is 10. The van der Waals surface area contributed by atoms with Gasteiger partial charge in [0.15, 0.2) is 11.6 Å². The molecular formula is C42H42ClF5N6O4. The Morgan fingerprint density at radius 2 is 1.69 bits per heavy atom. The lowest BCUT2D eigenvalue weighted by atomic mass is 9.95. The molecule has 58 heavy (non-hydrogen) atoms. The highest BCUT2D eigenvalue weighted by Crippen LogP contribution is 2.44. The van der Waals surface area contributed by atoms with Crippen molar-refractivity contribution in [3.63, 3.8) is 0 Å². The van der Waals surface area contributed by atoms with Gasteiger partial charge >= 0.3 is 12.1 Å². The molecule has 0 spiro atoms. The van der Waals surface area contributed by atoms with Crippen molar-refractivity contribution in [3.05, 3.63) is 110 Å². The summed E-state index contributed by atoms with van der Waals surface area (Å²) in [5.74, 6) is 0.0415. The minimum atomic E-state index is -4.96. The van der Waals surface area contributed by atoms with Gasteiger partial charge in [-0.15, -0.1) is 0 Å². The number of rotatable bonds is 11. The van der Waals surface area contributed by atoms with Crippen LogP contribution in [-0.2, 0) is 24.0 Å². The summed E-state index contributed by atoms with van der Waals surface area (Å²) in [6, 6.07) is 15.9. The molecule has 3 aromatic carbocycles. The van der Waals surface area contributed by atoms with Gasteiger partial charge in [0.25, 0.3) is 0 Å². The van der Waals surface area contributed by atoms with E-state index in [4.69, 9.17) is 30.5 Å². The van der Waals surface area contributed by atoms with Gasteiger partial charge < -0.3 is 34.1 Å². The van der Waals surface area contributed by atoms with E-state index in [2.05, 4.69) is 20.2 Å². The molecule has 0 aliphatic carbocycles. The molecular weight excluding hydrogens is 783 g/mol. The fourth-order valence-electron chi connectivity index (χ4n) is 8.46. The molecule has 0 unspecified atom stereocenters. The molecule has 306 valence electrons. The van der Waals surface area contributed by atoms with Crippen LogP contribution in [-0.4, -0.2) is 74.1 Å². The van der Waals surface area contributed by atoms with Crippen molar-refractivity contribution in [2.24, 2.45) is 4.99 Å². The van der Waals surface area contributed by atoms with E-state index in [9.17, 15) is 4.39 Å². The van der Waals surface area contributed by atoms with Crippen molar-refractivity contribution >= 4 is 23.2 Å². The molecule has 16 heteroatoms. The number of hydrogen-bond donors (Lipinski definition) is 1. The Morgan fingerprint density at radius 3 is 2.31 bits per heavy atom. The number of aryl methyl sites for hydroxylation is 1. The topological polar surface area (TPSA) is 83.9 Å². The van der Waals surface area contributed by atoms with Crippen molar-refractivity contribution in [3.8, 4) is 28.5 Å². The summed E-state index contributed by atoms with van der Waals surface area (Å²) in [4.78, 5) is 14.6. The largest absolute Gasteiger partial charge is 0.497 e. The van der Waals surface area contributed by atoms with E-state index in [1.165, 1.54) is 19.2 Å². The van der Waals surface area contributed by atoms with E-state index in [-0.39, 0.29) is 65.7 Å². The average Bonchev–Trinajstić information content (AvgIpc) is 3.68. The number of anilines is 1. The number of methoxy groups -OCH3 is 2. The number of alkyl halides is 4. The predicted octanol–water partition coefficient (Wildman–Crippen LogP) is 7.05. The molecule has 0 saturated carbocycles. The fraction of sp³-hybridized carbons (Fsp3) is 0.381. The van der Waals surface area contributed by atoms with Crippen LogP contribution in [0.1, 0.15) is 41.5 Å². The van der Waals surface area contributed by atoms with E-state index in [1.54, 1.807) is 55.3 Å². The van der Waals surface area contributed by atoms with E-state index in [0.29, 0.717) is 23.9 Å². The SMILES string of the molecule is COc1ccc(CN(Cc2ccc(OC)cc2)c2cc(C)c(C(F)(F)F)c(-c3c(F)c4c5c(c3Cl)=NCNC=5N(C)C=C(OC[C@@]35CCCN3C[C@H](F)C5)O4)n2)cc1. The number of aromatic nitrogens is 1. The van der Waals surface area contributed by atoms with Gasteiger partial charge in [-0.2, -0.15) is 13.2 Å². The van der Waals surface area contributed by atoms with Crippen LogP contribution < -0.4 is 35.0 Å². The highest BCUT2D eigenvalue weighted by atomic mass is 35.5. The second kappa shape index (κ2) is 15.5. The summed E-state index contributed by atoms with van der Waals surface area (Å²) in [5, 5.41) is 2.89. The molecule has 1 N–H and O–H groups in total. The maximum atomic E-state index is 17.5. The van der Waals surface area contributed by atoms with Crippen LogP contribution in [0.5, 0.6) is 17.2 Å². The van der Waals surface area contributed by atoms with E-state index in [1.807, 2.05) is 24.3 Å². The lowest BCUT2D eigenvalue weighted by Crippen LogP contribution is -2.43. The zero-order chi connectivity index (χ0) is 40.9. The molecule has 4 aliphatic rings. The van der Waals surface area contributed by atoms with Gasteiger partial charge in [0.05, 0.1) is 58.4 Å². The first kappa shape index (κ1) is 39.5. The molecule has 2 atom stereocenters. The van der Waals surface area contributed by atoms with Crippen LogP contribution in [0.3, 0.4) is 0 Å². The van der Waals surface area contributed by atoms with Gasteiger partial charge in [0.2, 0.25) is 0 Å². The van der Waals surface area contributed by atoms with Gasteiger partial charge in [-0.25, -0.2) is 13.8 Å². The van der Waals surface area contributed by atoms with E-state index in [0.717, 1.165) is 30.5 Å². The van der Waals surface area contributed by atoms with Crippen molar-refractivity contribution < 1.29 is 40.9 Å². The van der Waals surface area contributed by atoms with Gasteiger partial charge in [-0.1, -0.05) is 35.9 Å². The molecule has 1 aromatic heterocycles. The lowest BCUT2D eigenvalue weighted by molar-refractivity contribution is -0.137. The number of halogens is 6. The zero-order valence-electron chi connectivity index (χ0n) is 32.4. The number of nitrogens with zero attached hydrogens (tertiary/aromatic N) is 5.